The normalized spacial score (nSPS) is 12.2. The predicted molar refractivity (Wildman–Crippen MR) is 55.6 cm³/mol. The van der Waals surface area contributed by atoms with Gasteiger partial charge in [-0.05, 0) is 5.92 Å². The molecule has 4 heteroatoms. The highest BCUT2D eigenvalue weighted by atomic mass is 16.3. The second-order valence-corrected chi connectivity index (χ2v) is 3.41. The van der Waals surface area contributed by atoms with Crippen molar-refractivity contribution in [1.82, 2.24) is 10.6 Å². The van der Waals surface area contributed by atoms with E-state index in [2.05, 4.69) is 16.6 Å². The Balaban J connectivity index is 3.75. The molecule has 4 nitrogen and oxygen atoms in total. The summed E-state index contributed by atoms with van der Waals surface area (Å²) in [6, 6.07) is -0.185. The minimum atomic E-state index is -0.185. The molecule has 0 heterocycles. The van der Waals surface area contributed by atoms with Crippen LogP contribution >= 0.6 is 0 Å². The molecule has 0 aromatic rings. The van der Waals surface area contributed by atoms with Crippen LogP contribution in [0.15, 0.2) is 0 Å². The van der Waals surface area contributed by atoms with E-state index >= 15 is 0 Å². The monoisotopic (exact) mass is 198 g/mol. The van der Waals surface area contributed by atoms with Gasteiger partial charge in [-0.25, -0.2) is 0 Å². The first-order valence-electron chi connectivity index (χ1n) is 4.66. The van der Waals surface area contributed by atoms with Crippen LogP contribution in [0.5, 0.6) is 0 Å². The van der Waals surface area contributed by atoms with E-state index in [1.54, 1.807) is 0 Å². The zero-order valence-corrected chi connectivity index (χ0v) is 8.71. The van der Waals surface area contributed by atoms with Crippen molar-refractivity contribution < 1.29 is 9.90 Å². The minimum absolute atomic E-state index is 0.0431. The average Bonchev–Trinajstić information content (AvgIpc) is 2.14. The predicted octanol–water partition coefficient (Wildman–Crippen LogP) is -0.658. The molecule has 0 rings (SSSR count). The highest BCUT2D eigenvalue weighted by Crippen LogP contribution is 1.99. The molecule has 14 heavy (non-hydrogen) atoms. The lowest BCUT2D eigenvalue weighted by atomic mass is 10.1. The molecule has 0 radical (unpaired) electrons. The molecule has 0 bridgehead atoms. The number of amides is 1. The Hall–Kier alpha value is -1.05. The van der Waals surface area contributed by atoms with Gasteiger partial charge in [0.05, 0.1) is 25.7 Å². The standard InChI is InChI=1S/C10H18N2O2/c1-4-5-11-6-10(14)12-9(7-13)8(2)3/h1,8-9,11,13H,5-7H2,2-3H3,(H,12,14). The van der Waals surface area contributed by atoms with E-state index in [0.717, 1.165) is 0 Å². The summed E-state index contributed by atoms with van der Waals surface area (Å²) in [5, 5.41) is 14.4. The molecular formula is C10H18N2O2. The maximum Gasteiger partial charge on any atom is 0.234 e. The Morgan fingerprint density at radius 3 is 2.64 bits per heavy atom. The molecule has 0 aliphatic heterocycles. The zero-order valence-electron chi connectivity index (χ0n) is 8.71. The van der Waals surface area contributed by atoms with E-state index in [1.807, 2.05) is 13.8 Å². The van der Waals surface area contributed by atoms with Gasteiger partial charge in [0.15, 0.2) is 0 Å². The average molecular weight is 198 g/mol. The second kappa shape index (κ2) is 7.36. The molecule has 80 valence electrons. The van der Waals surface area contributed by atoms with Crippen LogP contribution in [-0.2, 0) is 4.79 Å². The van der Waals surface area contributed by atoms with Crippen LogP contribution < -0.4 is 10.6 Å². The number of nitrogens with one attached hydrogen (secondary N) is 2. The van der Waals surface area contributed by atoms with Crippen molar-refractivity contribution in [3.05, 3.63) is 0 Å². The van der Waals surface area contributed by atoms with Gasteiger partial charge in [-0.1, -0.05) is 19.8 Å². The van der Waals surface area contributed by atoms with Gasteiger partial charge in [-0.3, -0.25) is 10.1 Å². The first kappa shape index (κ1) is 12.9. The van der Waals surface area contributed by atoms with Gasteiger partial charge < -0.3 is 10.4 Å². The first-order valence-corrected chi connectivity index (χ1v) is 4.66. The van der Waals surface area contributed by atoms with Gasteiger partial charge in [0.25, 0.3) is 0 Å². The van der Waals surface area contributed by atoms with E-state index in [1.165, 1.54) is 0 Å². The molecule has 3 N–H and O–H groups in total. The molecular weight excluding hydrogens is 180 g/mol. The number of hydrogen-bond acceptors (Lipinski definition) is 3. The van der Waals surface area contributed by atoms with Crippen LogP contribution in [0.3, 0.4) is 0 Å². The largest absolute Gasteiger partial charge is 0.394 e. The van der Waals surface area contributed by atoms with Gasteiger partial charge in [0.1, 0.15) is 0 Å². The van der Waals surface area contributed by atoms with Crippen molar-refractivity contribution >= 4 is 5.91 Å². The summed E-state index contributed by atoms with van der Waals surface area (Å²) in [5.41, 5.74) is 0. The zero-order chi connectivity index (χ0) is 11.0. The van der Waals surface area contributed by atoms with Crippen molar-refractivity contribution in [2.24, 2.45) is 5.92 Å². The third kappa shape index (κ3) is 5.57. The van der Waals surface area contributed by atoms with Crippen LogP contribution in [0, 0.1) is 18.3 Å². The van der Waals surface area contributed by atoms with E-state index in [-0.39, 0.29) is 31.0 Å². The summed E-state index contributed by atoms with van der Waals surface area (Å²) in [5.74, 6) is 2.45. The third-order valence-corrected chi connectivity index (χ3v) is 1.86. The smallest absolute Gasteiger partial charge is 0.234 e. The molecule has 0 saturated carbocycles. The second-order valence-electron chi connectivity index (χ2n) is 3.41. The molecule has 0 aromatic carbocycles. The van der Waals surface area contributed by atoms with Crippen molar-refractivity contribution in [2.75, 3.05) is 19.7 Å². The molecule has 0 spiro atoms. The van der Waals surface area contributed by atoms with Crippen molar-refractivity contribution in [1.29, 1.82) is 0 Å². The SMILES string of the molecule is C#CCNCC(=O)NC(CO)C(C)C. The molecule has 0 aliphatic rings. The van der Waals surface area contributed by atoms with Gasteiger partial charge in [0.2, 0.25) is 5.91 Å². The van der Waals surface area contributed by atoms with Gasteiger partial charge in [-0.2, -0.15) is 0 Å². The fourth-order valence-electron chi connectivity index (χ4n) is 0.929. The fraction of sp³-hybridized carbons (Fsp3) is 0.700. The number of terminal acetylenes is 1. The summed E-state index contributed by atoms with van der Waals surface area (Å²) in [6.07, 6.45) is 5.01. The Labute approximate surface area is 85.1 Å². The molecule has 0 aliphatic carbocycles. The van der Waals surface area contributed by atoms with Crippen LogP contribution in [0.4, 0.5) is 0 Å². The summed E-state index contributed by atoms with van der Waals surface area (Å²) in [4.78, 5) is 11.2. The molecule has 1 atom stereocenters. The van der Waals surface area contributed by atoms with Crippen molar-refractivity contribution in [3.63, 3.8) is 0 Å². The Morgan fingerprint density at radius 1 is 1.57 bits per heavy atom. The molecule has 0 saturated heterocycles. The fourth-order valence-corrected chi connectivity index (χ4v) is 0.929. The number of rotatable bonds is 6. The van der Waals surface area contributed by atoms with Gasteiger partial charge in [-0.15, -0.1) is 6.42 Å². The Kier molecular flexibility index (Phi) is 6.81. The van der Waals surface area contributed by atoms with E-state index in [9.17, 15) is 4.79 Å². The number of carbonyl (C=O) groups excluding carboxylic acids is 1. The summed E-state index contributed by atoms with van der Waals surface area (Å²) < 4.78 is 0. The lowest BCUT2D eigenvalue weighted by Gasteiger charge is -2.19. The summed E-state index contributed by atoms with van der Waals surface area (Å²) in [7, 11) is 0. The van der Waals surface area contributed by atoms with Crippen LogP contribution in [0.25, 0.3) is 0 Å². The number of aliphatic hydroxyl groups excluding tert-OH is 1. The van der Waals surface area contributed by atoms with Gasteiger partial charge >= 0.3 is 0 Å². The Morgan fingerprint density at radius 2 is 2.21 bits per heavy atom. The van der Waals surface area contributed by atoms with Crippen molar-refractivity contribution in [3.8, 4) is 12.3 Å². The molecule has 0 fully saturated rings. The minimum Gasteiger partial charge on any atom is -0.394 e. The van der Waals surface area contributed by atoms with E-state index in [0.29, 0.717) is 6.54 Å². The number of hydrogen-bond donors (Lipinski definition) is 3. The maximum atomic E-state index is 11.2. The highest BCUT2D eigenvalue weighted by Gasteiger charge is 2.14. The molecule has 1 unspecified atom stereocenters. The highest BCUT2D eigenvalue weighted by molar-refractivity contribution is 5.78. The maximum absolute atomic E-state index is 11.2. The lowest BCUT2D eigenvalue weighted by molar-refractivity contribution is -0.121. The van der Waals surface area contributed by atoms with E-state index in [4.69, 9.17) is 11.5 Å². The molecule has 0 aromatic heterocycles. The Bertz CT molecular complexity index is 209. The quantitative estimate of drug-likeness (QED) is 0.392. The third-order valence-electron chi connectivity index (χ3n) is 1.86. The van der Waals surface area contributed by atoms with Crippen LogP contribution in [-0.4, -0.2) is 36.8 Å². The topological polar surface area (TPSA) is 61.4 Å². The first-order chi connectivity index (χ1) is 6.61. The summed E-state index contributed by atoms with van der Waals surface area (Å²) in [6.45, 7) is 4.40. The number of carbonyl (C=O) groups is 1. The van der Waals surface area contributed by atoms with Crippen LogP contribution in [0.2, 0.25) is 0 Å². The van der Waals surface area contributed by atoms with Gasteiger partial charge in [0, 0.05) is 0 Å². The summed E-state index contributed by atoms with van der Waals surface area (Å²) >= 11 is 0. The van der Waals surface area contributed by atoms with Crippen molar-refractivity contribution in [2.45, 2.75) is 19.9 Å². The number of aliphatic hydroxyl groups is 1. The van der Waals surface area contributed by atoms with Crippen LogP contribution in [0.1, 0.15) is 13.8 Å². The lowest BCUT2D eigenvalue weighted by Crippen LogP contribution is -2.44. The molecule has 1 amide bonds. The van der Waals surface area contributed by atoms with E-state index < -0.39 is 0 Å².